The lowest BCUT2D eigenvalue weighted by Gasteiger charge is -1.95. The van der Waals surface area contributed by atoms with Crippen molar-refractivity contribution in [3.05, 3.63) is 27.2 Å². The van der Waals surface area contributed by atoms with E-state index in [1.54, 1.807) is 11.3 Å². The lowest BCUT2D eigenvalue weighted by Crippen LogP contribution is -2.05. The molecule has 2 aromatic rings. The molecule has 0 unspecified atom stereocenters. The van der Waals surface area contributed by atoms with Crippen molar-refractivity contribution in [2.24, 2.45) is 0 Å². The van der Waals surface area contributed by atoms with Gasteiger partial charge in [-0.2, -0.15) is 0 Å². The lowest BCUT2D eigenvalue weighted by molar-refractivity contribution is -0.114. The summed E-state index contributed by atoms with van der Waals surface area (Å²) >= 11 is 3.06. The zero-order chi connectivity index (χ0) is 13.7. The molecule has 2 heterocycles. The highest BCUT2D eigenvalue weighted by atomic mass is 32.1. The number of carbonyl (C=O) groups excluding carboxylic acids is 1. The Balaban J connectivity index is 1.87. The topological polar surface area (TPSA) is 75.1 Å². The minimum atomic E-state index is -0.102. The van der Waals surface area contributed by atoms with Crippen LogP contribution < -0.4 is 5.32 Å². The van der Waals surface area contributed by atoms with Crippen LogP contribution >= 0.6 is 22.7 Å². The molecular formula is C12H15N3O2S2. The SMILES string of the molecule is CC(=O)Nc1nc(CCc2ncc(CCO)s2)cs1. The summed E-state index contributed by atoms with van der Waals surface area (Å²) in [6.45, 7) is 1.63. The summed E-state index contributed by atoms with van der Waals surface area (Å²) in [5.74, 6) is -0.102. The number of aliphatic hydroxyl groups excluding tert-OH is 1. The number of hydrogen-bond donors (Lipinski definition) is 2. The van der Waals surface area contributed by atoms with Gasteiger partial charge >= 0.3 is 0 Å². The van der Waals surface area contributed by atoms with E-state index in [1.165, 1.54) is 18.3 Å². The van der Waals surface area contributed by atoms with E-state index in [-0.39, 0.29) is 12.5 Å². The lowest BCUT2D eigenvalue weighted by atomic mass is 10.3. The van der Waals surface area contributed by atoms with E-state index < -0.39 is 0 Å². The number of thiazole rings is 2. The fraction of sp³-hybridized carbons (Fsp3) is 0.417. The molecule has 0 fully saturated rings. The molecule has 102 valence electrons. The van der Waals surface area contributed by atoms with Gasteiger partial charge in [0.2, 0.25) is 5.91 Å². The largest absolute Gasteiger partial charge is 0.396 e. The number of rotatable bonds is 6. The Morgan fingerprint density at radius 1 is 1.42 bits per heavy atom. The molecule has 2 aromatic heterocycles. The molecule has 0 saturated carbocycles. The van der Waals surface area contributed by atoms with Crippen LogP contribution in [0.5, 0.6) is 0 Å². The van der Waals surface area contributed by atoms with Gasteiger partial charge in [0, 0.05) is 42.8 Å². The maximum atomic E-state index is 10.9. The van der Waals surface area contributed by atoms with Gasteiger partial charge in [0.25, 0.3) is 0 Å². The summed E-state index contributed by atoms with van der Waals surface area (Å²) in [7, 11) is 0. The first-order valence-corrected chi connectivity index (χ1v) is 7.63. The normalized spacial score (nSPS) is 10.6. The predicted octanol–water partition coefficient (Wildman–Crippen LogP) is 1.88. The Bertz CT molecular complexity index is 551. The van der Waals surface area contributed by atoms with Crippen molar-refractivity contribution in [3.63, 3.8) is 0 Å². The number of nitrogens with one attached hydrogen (secondary N) is 1. The molecule has 1 amide bonds. The molecule has 2 N–H and O–H groups in total. The highest BCUT2D eigenvalue weighted by molar-refractivity contribution is 7.14. The maximum absolute atomic E-state index is 10.9. The predicted molar refractivity (Wildman–Crippen MR) is 76.7 cm³/mol. The average Bonchev–Trinajstić information content (AvgIpc) is 2.96. The number of hydrogen-bond acceptors (Lipinski definition) is 6. The quantitative estimate of drug-likeness (QED) is 0.853. The molecule has 5 nitrogen and oxygen atoms in total. The van der Waals surface area contributed by atoms with E-state index >= 15 is 0 Å². The summed E-state index contributed by atoms with van der Waals surface area (Å²) in [6, 6.07) is 0. The Hall–Kier alpha value is -1.31. The second kappa shape index (κ2) is 6.74. The molecule has 0 aliphatic heterocycles. The van der Waals surface area contributed by atoms with Crippen molar-refractivity contribution >= 4 is 33.7 Å². The van der Waals surface area contributed by atoms with Crippen molar-refractivity contribution in [2.75, 3.05) is 11.9 Å². The second-order valence-electron chi connectivity index (χ2n) is 4.02. The van der Waals surface area contributed by atoms with Crippen molar-refractivity contribution < 1.29 is 9.90 Å². The first kappa shape index (κ1) is 14.1. The molecule has 2 rings (SSSR count). The van der Waals surface area contributed by atoms with Crippen LogP contribution in [0.25, 0.3) is 0 Å². The molecule has 0 spiro atoms. The maximum Gasteiger partial charge on any atom is 0.223 e. The molecule has 0 aliphatic carbocycles. The zero-order valence-electron chi connectivity index (χ0n) is 10.5. The van der Waals surface area contributed by atoms with Crippen molar-refractivity contribution in [1.29, 1.82) is 0 Å². The van der Waals surface area contributed by atoms with Crippen LogP contribution in [-0.4, -0.2) is 27.6 Å². The van der Waals surface area contributed by atoms with Crippen LogP contribution in [0.1, 0.15) is 22.5 Å². The zero-order valence-corrected chi connectivity index (χ0v) is 12.2. The van der Waals surface area contributed by atoms with Gasteiger partial charge in [-0.1, -0.05) is 0 Å². The van der Waals surface area contributed by atoms with Gasteiger partial charge in [-0.15, -0.1) is 22.7 Å². The highest BCUT2D eigenvalue weighted by Gasteiger charge is 2.06. The fourth-order valence-corrected chi connectivity index (χ4v) is 3.26. The molecular weight excluding hydrogens is 282 g/mol. The molecule has 0 atom stereocenters. The van der Waals surface area contributed by atoms with Crippen LogP contribution in [0.2, 0.25) is 0 Å². The smallest absolute Gasteiger partial charge is 0.223 e. The number of nitrogens with zero attached hydrogens (tertiary/aromatic N) is 2. The minimum absolute atomic E-state index is 0.102. The summed E-state index contributed by atoms with van der Waals surface area (Å²) in [5.41, 5.74) is 0.965. The summed E-state index contributed by atoms with van der Waals surface area (Å²) in [6.07, 6.45) is 4.13. The van der Waals surface area contributed by atoms with Crippen LogP contribution in [0.4, 0.5) is 5.13 Å². The van der Waals surface area contributed by atoms with Crippen LogP contribution in [0.15, 0.2) is 11.6 Å². The number of carbonyl (C=O) groups is 1. The van der Waals surface area contributed by atoms with Gasteiger partial charge in [-0.05, 0) is 6.42 Å². The van der Waals surface area contributed by atoms with Gasteiger partial charge < -0.3 is 10.4 Å². The number of aromatic nitrogens is 2. The van der Waals surface area contributed by atoms with E-state index in [2.05, 4.69) is 15.3 Å². The van der Waals surface area contributed by atoms with E-state index in [4.69, 9.17) is 5.11 Å². The highest BCUT2D eigenvalue weighted by Crippen LogP contribution is 2.19. The third kappa shape index (κ3) is 4.38. The molecule has 0 aliphatic rings. The van der Waals surface area contributed by atoms with Gasteiger partial charge in [0.05, 0.1) is 10.7 Å². The Morgan fingerprint density at radius 3 is 3.00 bits per heavy atom. The van der Waals surface area contributed by atoms with Crippen LogP contribution in [0, 0.1) is 0 Å². The molecule has 0 aromatic carbocycles. The Labute approximate surface area is 119 Å². The van der Waals surface area contributed by atoms with Crippen molar-refractivity contribution in [3.8, 4) is 0 Å². The third-order valence-corrected chi connectivity index (χ3v) is 4.31. The second-order valence-corrected chi connectivity index (χ2v) is 6.08. The number of aliphatic hydroxyl groups is 1. The molecule has 0 bridgehead atoms. The molecule has 7 heteroatoms. The molecule has 19 heavy (non-hydrogen) atoms. The Morgan fingerprint density at radius 2 is 2.26 bits per heavy atom. The van der Waals surface area contributed by atoms with Gasteiger partial charge in [0.1, 0.15) is 0 Å². The molecule has 0 radical (unpaired) electrons. The number of anilines is 1. The van der Waals surface area contributed by atoms with Crippen molar-refractivity contribution in [2.45, 2.75) is 26.2 Å². The van der Waals surface area contributed by atoms with Gasteiger partial charge in [-0.3, -0.25) is 4.79 Å². The van der Waals surface area contributed by atoms with Crippen molar-refractivity contribution in [1.82, 2.24) is 9.97 Å². The first-order valence-electron chi connectivity index (χ1n) is 5.94. The van der Waals surface area contributed by atoms with E-state index in [0.29, 0.717) is 11.6 Å². The van der Waals surface area contributed by atoms with Crippen LogP contribution in [0.3, 0.4) is 0 Å². The standard InChI is InChI=1S/C12H15N3O2S2/c1-8(17)14-12-15-9(7-18-12)2-3-11-13-6-10(19-11)4-5-16/h6-7,16H,2-5H2,1H3,(H,14,15,17). The van der Waals surface area contributed by atoms with Crippen LogP contribution in [-0.2, 0) is 24.1 Å². The summed E-state index contributed by atoms with van der Waals surface area (Å²) in [4.78, 5) is 20.6. The molecule has 0 saturated heterocycles. The van der Waals surface area contributed by atoms with E-state index in [1.807, 2.05) is 11.6 Å². The Kier molecular flexibility index (Phi) is 5.00. The first-order chi connectivity index (χ1) is 9.17. The van der Waals surface area contributed by atoms with E-state index in [0.717, 1.165) is 28.4 Å². The average molecular weight is 297 g/mol. The minimum Gasteiger partial charge on any atom is -0.396 e. The number of aryl methyl sites for hydroxylation is 2. The third-order valence-electron chi connectivity index (χ3n) is 2.39. The number of amides is 1. The summed E-state index contributed by atoms with van der Waals surface area (Å²) < 4.78 is 0. The summed E-state index contributed by atoms with van der Waals surface area (Å²) in [5, 5.41) is 15.2. The van der Waals surface area contributed by atoms with Gasteiger partial charge in [-0.25, -0.2) is 9.97 Å². The monoisotopic (exact) mass is 297 g/mol. The van der Waals surface area contributed by atoms with E-state index in [9.17, 15) is 4.79 Å². The van der Waals surface area contributed by atoms with Gasteiger partial charge in [0.15, 0.2) is 5.13 Å². The fourth-order valence-electron chi connectivity index (χ4n) is 1.55.